The van der Waals surface area contributed by atoms with E-state index in [2.05, 4.69) is 15.3 Å². The number of hydrogen-bond acceptors (Lipinski definition) is 6. The Bertz CT molecular complexity index is 542. The van der Waals surface area contributed by atoms with Crippen molar-refractivity contribution in [3.8, 4) is 12.0 Å². The predicted octanol–water partition coefficient (Wildman–Crippen LogP) is -1.06. The Kier molecular flexibility index (Phi) is 1.79. The van der Waals surface area contributed by atoms with Gasteiger partial charge in [-0.15, -0.1) is 10.2 Å². The van der Waals surface area contributed by atoms with E-state index in [1.165, 1.54) is 15.6 Å². The van der Waals surface area contributed by atoms with E-state index in [0.717, 1.165) is 0 Å². The Balaban J connectivity index is 2.60. The number of anilines is 1. The minimum atomic E-state index is 0.191. The smallest absolute Gasteiger partial charge is 0.272 e. The lowest BCUT2D eigenvalue weighted by atomic mass is 10.4. The van der Waals surface area contributed by atoms with Crippen LogP contribution in [-0.2, 0) is 0 Å². The van der Waals surface area contributed by atoms with E-state index < -0.39 is 0 Å². The maximum absolute atomic E-state index is 8.70. The molecule has 0 amide bonds. The van der Waals surface area contributed by atoms with E-state index in [9.17, 15) is 0 Å². The van der Waals surface area contributed by atoms with Gasteiger partial charge < -0.3 is 11.6 Å². The average molecular weight is 204 g/mol. The van der Waals surface area contributed by atoms with Crippen LogP contribution < -0.4 is 11.6 Å². The van der Waals surface area contributed by atoms with E-state index in [0.29, 0.717) is 5.82 Å². The summed E-state index contributed by atoms with van der Waals surface area (Å²) in [5, 5.41) is 20.1. The van der Waals surface area contributed by atoms with Crippen LogP contribution in [0.2, 0.25) is 0 Å². The van der Waals surface area contributed by atoms with Crippen LogP contribution in [-0.4, -0.2) is 24.7 Å². The first-order valence-electron chi connectivity index (χ1n) is 4.06. The summed E-state index contributed by atoms with van der Waals surface area (Å²) in [4.78, 5) is 0. The van der Waals surface area contributed by atoms with Crippen LogP contribution in [0.1, 0.15) is 11.4 Å². The molecule has 2 aromatic rings. The lowest BCUT2D eigenvalue weighted by Crippen LogP contribution is -2.17. The average Bonchev–Trinajstić information content (AvgIpc) is 2.73. The summed E-state index contributed by atoms with van der Waals surface area (Å²) in [7, 11) is 0. The zero-order chi connectivity index (χ0) is 11.0. The molecule has 8 heteroatoms. The molecule has 4 N–H and O–H groups in total. The van der Waals surface area contributed by atoms with Crippen LogP contribution in [0, 0.1) is 18.3 Å². The zero-order valence-electron chi connectivity index (χ0n) is 7.92. The lowest BCUT2D eigenvalue weighted by Gasteiger charge is -2.02. The molecule has 0 aliphatic heterocycles. The molecular weight excluding hydrogens is 196 g/mol. The van der Waals surface area contributed by atoms with Crippen LogP contribution in [0.4, 0.5) is 5.82 Å². The molecule has 2 aromatic heterocycles. The fraction of sp³-hybridized carbons (Fsp3) is 0.143. The molecule has 0 aliphatic carbocycles. The molecule has 0 saturated carbocycles. The quantitative estimate of drug-likeness (QED) is 0.570. The Morgan fingerprint density at radius 1 is 1.47 bits per heavy atom. The van der Waals surface area contributed by atoms with Crippen molar-refractivity contribution in [2.45, 2.75) is 6.92 Å². The lowest BCUT2D eigenvalue weighted by molar-refractivity contribution is 0.772. The minimum absolute atomic E-state index is 0.191. The second-order valence-corrected chi connectivity index (χ2v) is 2.88. The molecule has 0 atom stereocenters. The number of aromatic nitrogens is 5. The van der Waals surface area contributed by atoms with Crippen LogP contribution in [0.15, 0.2) is 6.20 Å². The maximum atomic E-state index is 8.70. The third-order valence-electron chi connectivity index (χ3n) is 1.96. The molecule has 2 rings (SSSR count). The molecule has 76 valence electrons. The Morgan fingerprint density at radius 2 is 2.20 bits per heavy atom. The highest BCUT2D eigenvalue weighted by Crippen LogP contribution is 2.13. The highest BCUT2D eigenvalue weighted by Gasteiger charge is 2.14. The van der Waals surface area contributed by atoms with Crippen molar-refractivity contribution in [1.29, 1.82) is 5.26 Å². The van der Waals surface area contributed by atoms with Gasteiger partial charge in [-0.25, -0.2) is 4.68 Å². The van der Waals surface area contributed by atoms with Gasteiger partial charge in [0.15, 0.2) is 5.82 Å². The molecule has 0 saturated heterocycles. The van der Waals surface area contributed by atoms with Gasteiger partial charge in [0.25, 0.3) is 5.95 Å². The van der Waals surface area contributed by atoms with Crippen LogP contribution in [0.5, 0.6) is 0 Å². The number of hydrogen-bond donors (Lipinski definition) is 2. The number of nitrogens with zero attached hydrogens (tertiary/aromatic N) is 6. The summed E-state index contributed by atoms with van der Waals surface area (Å²) in [6.45, 7) is 1.70. The Labute approximate surface area is 84.7 Å². The van der Waals surface area contributed by atoms with Gasteiger partial charge in [-0.1, -0.05) is 0 Å². The third kappa shape index (κ3) is 1.18. The van der Waals surface area contributed by atoms with Gasteiger partial charge in [0, 0.05) is 0 Å². The molecule has 0 bridgehead atoms. The van der Waals surface area contributed by atoms with Gasteiger partial charge in [-0.3, -0.25) is 0 Å². The molecule has 0 aliphatic rings. The highest BCUT2D eigenvalue weighted by atomic mass is 15.5. The summed E-state index contributed by atoms with van der Waals surface area (Å²) in [5.41, 5.74) is 5.94. The number of rotatable bonds is 1. The monoisotopic (exact) mass is 204 g/mol. The van der Waals surface area contributed by atoms with Gasteiger partial charge >= 0.3 is 0 Å². The van der Waals surface area contributed by atoms with Gasteiger partial charge in [0.2, 0.25) is 0 Å². The Morgan fingerprint density at radius 3 is 2.67 bits per heavy atom. The van der Waals surface area contributed by atoms with Gasteiger partial charge in [0.05, 0.1) is 6.20 Å². The normalized spacial score (nSPS) is 10.1. The molecule has 2 heterocycles. The van der Waals surface area contributed by atoms with Crippen molar-refractivity contribution in [3.63, 3.8) is 0 Å². The first-order valence-corrected chi connectivity index (χ1v) is 4.06. The van der Waals surface area contributed by atoms with Gasteiger partial charge in [-0.05, 0) is 6.92 Å². The molecule has 0 radical (unpaired) electrons. The molecule has 0 aromatic carbocycles. The van der Waals surface area contributed by atoms with Gasteiger partial charge in [0.1, 0.15) is 17.5 Å². The molecule has 0 unspecified atom stereocenters. The van der Waals surface area contributed by atoms with Crippen molar-refractivity contribution in [2.75, 3.05) is 11.6 Å². The Hall–Kier alpha value is -2.56. The summed E-state index contributed by atoms with van der Waals surface area (Å²) < 4.78 is 2.50. The SMILES string of the molecule is Cc1nnc(-n2ncc(C#N)c2N)n1N. The van der Waals surface area contributed by atoms with E-state index in [1.54, 1.807) is 6.92 Å². The van der Waals surface area contributed by atoms with E-state index in [4.69, 9.17) is 16.8 Å². The number of nitrogens with two attached hydrogens (primary N) is 2. The van der Waals surface area contributed by atoms with E-state index in [-0.39, 0.29) is 17.3 Å². The van der Waals surface area contributed by atoms with Crippen LogP contribution >= 0.6 is 0 Å². The first-order chi connectivity index (χ1) is 7.15. The van der Waals surface area contributed by atoms with Crippen molar-refractivity contribution >= 4 is 5.82 Å². The fourth-order valence-electron chi connectivity index (χ4n) is 1.11. The highest BCUT2D eigenvalue weighted by molar-refractivity contribution is 5.50. The summed E-state index contributed by atoms with van der Waals surface area (Å²) in [6, 6.07) is 1.91. The maximum Gasteiger partial charge on any atom is 0.272 e. The standard InChI is InChI=1S/C7H8N8/c1-4-12-13-7(14(4)10)15-6(9)5(2-8)3-11-15/h3H,9-10H2,1H3. The van der Waals surface area contributed by atoms with Crippen molar-refractivity contribution in [3.05, 3.63) is 17.6 Å². The minimum Gasteiger partial charge on any atom is -0.382 e. The van der Waals surface area contributed by atoms with E-state index >= 15 is 0 Å². The fourth-order valence-corrected chi connectivity index (χ4v) is 1.11. The van der Waals surface area contributed by atoms with Crippen LogP contribution in [0.3, 0.4) is 0 Å². The number of aryl methyl sites for hydroxylation is 1. The zero-order valence-corrected chi connectivity index (χ0v) is 7.92. The summed E-state index contributed by atoms with van der Waals surface area (Å²) in [5.74, 6) is 6.63. The summed E-state index contributed by atoms with van der Waals surface area (Å²) in [6.07, 6.45) is 1.35. The van der Waals surface area contributed by atoms with Crippen molar-refractivity contribution in [2.24, 2.45) is 0 Å². The molecule has 8 nitrogen and oxygen atoms in total. The molecule has 0 fully saturated rings. The second kappa shape index (κ2) is 2.98. The number of nitrogen functional groups attached to an aromatic ring is 2. The first kappa shape index (κ1) is 9.01. The number of nitriles is 1. The summed E-state index contributed by atoms with van der Waals surface area (Å²) >= 11 is 0. The molecule has 15 heavy (non-hydrogen) atoms. The van der Waals surface area contributed by atoms with Crippen molar-refractivity contribution in [1.82, 2.24) is 24.7 Å². The topological polar surface area (TPSA) is 124 Å². The van der Waals surface area contributed by atoms with Gasteiger partial charge in [-0.2, -0.15) is 15.0 Å². The van der Waals surface area contributed by atoms with Crippen LogP contribution in [0.25, 0.3) is 5.95 Å². The second-order valence-electron chi connectivity index (χ2n) is 2.88. The predicted molar refractivity (Wildman–Crippen MR) is 51.2 cm³/mol. The van der Waals surface area contributed by atoms with E-state index in [1.807, 2.05) is 6.07 Å². The molecule has 0 spiro atoms. The van der Waals surface area contributed by atoms with Crippen molar-refractivity contribution < 1.29 is 0 Å². The third-order valence-corrected chi connectivity index (χ3v) is 1.96. The largest absolute Gasteiger partial charge is 0.382 e. The molecular formula is C7H8N8.